The van der Waals surface area contributed by atoms with Crippen LogP contribution in [0.3, 0.4) is 0 Å². The van der Waals surface area contributed by atoms with E-state index in [1.54, 1.807) is 26.8 Å². The molecular weight excluding hydrogens is 312 g/mol. The number of benzene rings is 1. The summed E-state index contributed by atoms with van der Waals surface area (Å²) in [6.07, 6.45) is 0. The summed E-state index contributed by atoms with van der Waals surface area (Å²) in [6, 6.07) is 2.87. The monoisotopic (exact) mass is 332 g/mol. The van der Waals surface area contributed by atoms with Gasteiger partial charge in [0.1, 0.15) is 0 Å². The van der Waals surface area contributed by atoms with Gasteiger partial charge < -0.3 is 5.32 Å². The van der Waals surface area contributed by atoms with Crippen LogP contribution in [0.15, 0.2) is 17.0 Å². The Kier molecular flexibility index (Phi) is 6.06. The first kappa shape index (κ1) is 17.8. The molecule has 0 aliphatic carbocycles. The molecule has 0 radical (unpaired) electrons. The molecule has 0 heterocycles. The number of carbonyl (C=O) groups excluding carboxylic acids is 1. The molecule has 21 heavy (non-hydrogen) atoms. The topological polar surface area (TPSA) is 106 Å². The quantitative estimate of drug-likeness (QED) is 0.788. The fourth-order valence-electron chi connectivity index (χ4n) is 1.78. The van der Waals surface area contributed by atoms with E-state index >= 15 is 0 Å². The summed E-state index contributed by atoms with van der Waals surface area (Å²) < 4.78 is 34.3. The maximum atomic E-state index is 12.0. The van der Waals surface area contributed by atoms with Gasteiger partial charge in [0.2, 0.25) is 10.0 Å². The predicted octanol–water partition coefficient (Wildman–Crippen LogP) is 0.449. The molecule has 0 saturated carbocycles. The third kappa shape index (κ3) is 4.90. The van der Waals surface area contributed by atoms with Crippen LogP contribution in [0.5, 0.6) is 0 Å². The van der Waals surface area contributed by atoms with Crippen LogP contribution in [0, 0.1) is 13.8 Å². The van der Waals surface area contributed by atoms with Gasteiger partial charge in [-0.15, -0.1) is 0 Å². The van der Waals surface area contributed by atoms with Crippen LogP contribution in [0.2, 0.25) is 0 Å². The Labute approximate surface area is 127 Å². The molecule has 0 saturated heterocycles. The van der Waals surface area contributed by atoms with Crippen molar-refractivity contribution < 1.29 is 17.4 Å². The minimum Gasteiger partial charge on any atom is -0.351 e. The lowest BCUT2D eigenvalue weighted by atomic mass is 10.1. The zero-order chi connectivity index (χ0) is 16.2. The number of carbonyl (C=O) groups is 1. The lowest BCUT2D eigenvalue weighted by molar-refractivity contribution is 0.0956. The summed E-state index contributed by atoms with van der Waals surface area (Å²) in [5, 5.41) is 7.78. The van der Waals surface area contributed by atoms with Gasteiger partial charge in [-0.05, 0) is 37.1 Å². The second kappa shape index (κ2) is 7.15. The van der Waals surface area contributed by atoms with E-state index in [0.717, 1.165) is 0 Å². The number of primary sulfonamides is 1. The van der Waals surface area contributed by atoms with Crippen molar-refractivity contribution in [1.82, 2.24) is 5.32 Å². The van der Waals surface area contributed by atoms with Gasteiger partial charge in [-0.3, -0.25) is 9.00 Å². The molecule has 0 fully saturated rings. The lowest BCUT2D eigenvalue weighted by Crippen LogP contribution is -2.28. The highest BCUT2D eigenvalue weighted by atomic mass is 32.2. The summed E-state index contributed by atoms with van der Waals surface area (Å²) in [5.74, 6) is 0.501. The smallest absolute Gasteiger partial charge is 0.251 e. The second-order valence-corrected chi connectivity index (χ2v) is 8.04. The molecular formula is C13H20N2O4S2. The van der Waals surface area contributed by atoms with Crippen molar-refractivity contribution >= 4 is 26.7 Å². The summed E-state index contributed by atoms with van der Waals surface area (Å²) >= 11 is 0. The Balaban J connectivity index is 2.96. The Morgan fingerprint density at radius 1 is 1.33 bits per heavy atom. The van der Waals surface area contributed by atoms with Gasteiger partial charge in [0, 0.05) is 34.4 Å². The van der Waals surface area contributed by atoms with Crippen LogP contribution in [-0.2, 0) is 20.8 Å². The van der Waals surface area contributed by atoms with Crippen LogP contribution in [0.1, 0.15) is 28.4 Å². The zero-order valence-corrected chi connectivity index (χ0v) is 13.9. The van der Waals surface area contributed by atoms with Crippen molar-refractivity contribution in [2.24, 2.45) is 5.14 Å². The van der Waals surface area contributed by atoms with Gasteiger partial charge >= 0.3 is 0 Å². The Bertz CT molecular complexity index is 669. The number of hydrogen-bond donors (Lipinski definition) is 2. The van der Waals surface area contributed by atoms with E-state index in [0.29, 0.717) is 22.6 Å². The molecule has 8 heteroatoms. The van der Waals surface area contributed by atoms with Crippen LogP contribution < -0.4 is 10.5 Å². The Morgan fingerprint density at radius 2 is 1.95 bits per heavy atom. The van der Waals surface area contributed by atoms with E-state index in [1.165, 1.54) is 6.07 Å². The van der Waals surface area contributed by atoms with Crippen molar-refractivity contribution in [1.29, 1.82) is 0 Å². The van der Waals surface area contributed by atoms with Crippen molar-refractivity contribution in [3.8, 4) is 0 Å². The van der Waals surface area contributed by atoms with Gasteiger partial charge in [0.25, 0.3) is 5.91 Å². The minimum absolute atomic E-state index is 0.0511. The Hall–Kier alpha value is -1.25. The molecule has 3 N–H and O–H groups in total. The molecule has 0 bridgehead atoms. The molecule has 6 nitrogen and oxygen atoms in total. The molecule has 1 aromatic rings. The van der Waals surface area contributed by atoms with E-state index < -0.39 is 26.7 Å². The molecule has 0 spiro atoms. The summed E-state index contributed by atoms with van der Waals surface area (Å²) in [6.45, 7) is 5.44. The summed E-state index contributed by atoms with van der Waals surface area (Å²) in [5.41, 5.74) is 1.43. The average molecular weight is 332 g/mol. The second-order valence-electron chi connectivity index (χ2n) is 4.65. The van der Waals surface area contributed by atoms with E-state index in [9.17, 15) is 17.4 Å². The van der Waals surface area contributed by atoms with E-state index in [4.69, 9.17) is 5.14 Å². The first-order valence-corrected chi connectivity index (χ1v) is 9.47. The molecule has 1 unspecified atom stereocenters. The molecule has 0 aromatic heterocycles. The summed E-state index contributed by atoms with van der Waals surface area (Å²) in [7, 11) is -4.84. The first-order chi connectivity index (χ1) is 9.66. The van der Waals surface area contributed by atoms with Crippen LogP contribution >= 0.6 is 0 Å². The Morgan fingerprint density at radius 3 is 2.48 bits per heavy atom. The van der Waals surface area contributed by atoms with Gasteiger partial charge in [-0.25, -0.2) is 13.6 Å². The number of sulfonamides is 1. The molecule has 1 amide bonds. The first-order valence-electron chi connectivity index (χ1n) is 6.44. The molecule has 1 atom stereocenters. The van der Waals surface area contributed by atoms with Gasteiger partial charge in [-0.1, -0.05) is 6.92 Å². The summed E-state index contributed by atoms with van der Waals surface area (Å²) in [4.78, 5) is 12.0. The number of hydrogen-bond acceptors (Lipinski definition) is 4. The van der Waals surface area contributed by atoms with Gasteiger partial charge in [-0.2, -0.15) is 0 Å². The average Bonchev–Trinajstić information content (AvgIpc) is 2.39. The van der Waals surface area contributed by atoms with Crippen LogP contribution in [-0.4, -0.2) is 36.6 Å². The van der Waals surface area contributed by atoms with Crippen molar-refractivity contribution in [2.45, 2.75) is 25.7 Å². The molecule has 1 aromatic carbocycles. The fourth-order valence-corrected chi connectivity index (χ4v) is 3.28. The molecule has 1 rings (SSSR count). The normalized spacial score (nSPS) is 13.0. The van der Waals surface area contributed by atoms with E-state index in [1.807, 2.05) is 0 Å². The fraction of sp³-hybridized carbons (Fsp3) is 0.462. The van der Waals surface area contributed by atoms with E-state index in [2.05, 4.69) is 5.32 Å². The minimum atomic E-state index is -3.88. The number of rotatable bonds is 6. The lowest BCUT2D eigenvalue weighted by Gasteiger charge is -2.11. The zero-order valence-electron chi connectivity index (χ0n) is 12.3. The van der Waals surface area contributed by atoms with Crippen LogP contribution in [0.4, 0.5) is 0 Å². The van der Waals surface area contributed by atoms with Gasteiger partial charge in [0.05, 0.1) is 4.90 Å². The molecule has 0 aliphatic rings. The van der Waals surface area contributed by atoms with Crippen molar-refractivity contribution in [2.75, 3.05) is 18.1 Å². The highest BCUT2D eigenvalue weighted by Crippen LogP contribution is 2.20. The highest BCUT2D eigenvalue weighted by Gasteiger charge is 2.17. The number of nitrogens with one attached hydrogen (secondary N) is 1. The van der Waals surface area contributed by atoms with Crippen molar-refractivity contribution in [3.63, 3.8) is 0 Å². The van der Waals surface area contributed by atoms with E-state index in [-0.39, 0.29) is 17.0 Å². The SMILES string of the molecule is CCS(=O)CCNC(=O)c1cc(C)c(C)c(S(N)(=O)=O)c1. The maximum absolute atomic E-state index is 12.0. The number of nitrogens with two attached hydrogens (primary N) is 1. The largest absolute Gasteiger partial charge is 0.351 e. The standard InChI is InChI=1S/C13H20N2O4S2/c1-4-20(17)6-5-15-13(16)11-7-9(2)10(3)12(8-11)21(14,18)19/h7-8H,4-6H2,1-3H3,(H,15,16)(H2,14,18,19). The third-order valence-electron chi connectivity index (χ3n) is 3.13. The number of amides is 1. The maximum Gasteiger partial charge on any atom is 0.251 e. The molecule has 118 valence electrons. The third-order valence-corrected chi connectivity index (χ3v) is 5.47. The van der Waals surface area contributed by atoms with Gasteiger partial charge in [0.15, 0.2) is 0 Å². The van der Waals surface area contributed by atoms with Crippen LogP contribution in [0.25, 0.3) is 0 Å². The predicted molar refractivity (Wildman–Crippen MR) is 83.2 cm³/mol. The number of aryl methyl sites for hydroxylation is 1. The highest BCUT2D eigenvalue weighted by molar-refractivity contribution is 7.89. The van der Waals surface area contributed by atoms with Crippen molar-refractivity contribution in [3.05, 3.63) is 28.8 Å². The molecule has 0 aliphatic heterocycles.